The molecule has 6 nitrogen and oxygen atoms in total. The molecule has 0 aliphatic carbocycles. The third-order valence-electron chi connectivity index (χ3n) is 3.29. The van der Waals surface area contributed by atoms with Gasteiger partial charge in [-0.2, -0.15) is 0 Å². The van der Waals surface area contributed by atoms with Crippen LogP contribution in [0.25, 0.3) is 0 Å². The highest BCUT2D eigenvalue weighted by Crippen LogP contribution is 2.21. The number of carbonyl (C=O) groups excluding carboxylic acids is 2. The Morgan fingerprint density at radius 3 is 2.53 bits per heavy atom. The van der Waals surface area contributed by atoms with Crippen molar-refractivity contribution in [3.63, 3.8) is 0 Å². The standard InChI is InChI=1S/C11H22N4O2/c1-7(2)9(11(17)14-13)15-5-3-4-8(6-15)10(12)16/h7-9H,3-6,13H2,1-2H3,(H2,12,16)(H,14,17). The molecule has 0 saturated carbocycles. The predicted octanol–water partition coefficient (Wildman–Crippen LogP) is -0.802. The number of hydrogen-bond acceptors (Lipinski definition) is 4. The fraction of sp³-hybridized carbons (Fsp3) is 0.818. The smallest absolute Gasteiger partial charge is 0.251 e. The number of nitrogens with zero attached hydrogens (tertiary/aromatic N) is 1. The summed E-state index contributed by atoms with van der Waals surface area (Å²) < 4.78 is 0. The first kappa shape index (κ1) is 13.9. The van der Waals surface area contributed by atoms with Crippen LogP contribution in [0.5, 0.6) is 0 Å². The van der Waals surface area contributed by atoms with Gasteiger partial charge in [0.15, 0.2) is 0 Å². The molecule has 6 heteroatoms. The second-order valence-corrected chi connectivity index (χ2v) is 4.93. The molecule has 1 fully saturated rings. The van der Waals surface area contributed by atoms with E-state index in [0.717, 1.165) is 19.4 Å². The highest BCUT2D eigenvalue weighted by atomic mass is 16.2. The minimum atomic E-state index is -0.290. The van der Waals surface area contributed by atoms with Crippen LogP contribution in [0.4, 0.5) is 0 Å². The van der Waals surface area contributed by atoms with E-state index in [2.05, 4.69) is 5.43 Å². The minimum absolute atomic E-state index is 0.144. The van der Waals surface area contributed by atoms with Crippen molar-refractivity contribution in [1.29, 1.82) is 0 Å². The Bertz CT molecular complexity index is 293. The molecule has 0 spiro atoms. The molecule has 17 heavy (non-hydrogen) atoms. The Kier molecular flexibility index (Phi) is 4.89. The summed E-state index contributed by atoms with van der Waals surface area (Å²) >= 11 is 0. The molecule has 0 aromatic heterocycles. The second kappa shape index (κ2) is 5.97. The van der Waals surface area contributed by atoms with Crippen molar-refractivity contribution in [2.45, 2.75) is 32.7 Å². The first-order valence-electron chi connectivity index (χ1n) is 6.01. The summed E-state index contributed by atoms with van der Waals surface area (Å²) in [6, 6.07) is -0.290. The molecule has 0 radical (unpaired) electrons. The van der Waals surface area contributed by atoms with Crippen molar-refractivity contribution in [2.24, 2.45) is 23.4 Å². The maximum atomic E-state index is 11.7. The first-order valence-corrected chi connectivity index (χ1v) is 6.01. The number of piperidine rings is 1. The van der Waals surface area contributed by atoms with Crippen LogP contribution in [0.15, 0.2) is 0 Å². The monoisotopic (exact) mass is 242 g/mol. The number of primary amides is 1. The molecule has 1 aliphatic heterocycles. The predicted molar refractivity (Wildman–Crippen MR) is 64.4 cm³/mol. The van der Waals surface area contributed by atoms with E-state index < -0.39 is 0 Å². The average molecular weight is 242 g/mol. The molecule has 2 amide bonds. The first-order chi connectivity index (χ1) is 7.97. The number of rotatable bonds is 4. The molecular weight excluding hydrogens is 220 g/mol. The van der Waals surface area contributed by atoms with Crippen LogP contribution in [0.2, 0.25) is 0 Å². The summed E-state index contributed by atoms with van der Waals surface area (Å²) in [6.07, 6.45) is 1.69. The van der Waals surface area contributed by atoms with Crippen molar-refractivity contribution in [2.75, 3.05) is 13.1 Å². The average Bonchev–Trinajstić information content (AvgIpc) is 2.28. The van der Waals surface area contributed by atoms with Gasteiger partial charge >= 0.3 is 0 Å². The van der Waals surface area contributed by atoms with Gasteiger partial charge in [-0.15, -0.1) is 0 Å². The van der Waals surface area contributed by atoms with Gasteiger partial charge in [-0.1, -0.05) is 13.8 Å². The van der Waals surface area contributed by atoms with E-state index in [0.29, 0.717) is 6.54 Å². The summed E-state index contributed by atoms with van der Waals surface area (Å²) in [5.74, 6) is 4.69. The fourth-order valence-electron chi connectivity index (χ4n) is 2.47. The van der Waals surface area contributed by atoms with Crippen LogP contribution in [0, 0.1) is 11.8 Å². The van der Waals surface area contributed by atoms with Gasteiger partial charge in [0.05, 0.1) is 12.0 Å². The van der Waals surface area contributed by atoms with Crippen LogP contribution in [-0.4, -0.2) is 35.8 Å². The molecule has 2 unspecified atom stereocenters. The van der Waals surface area contributed by atoms with Gasteiger partial charge < -0.3 is 5.73 Å². The number of hydrogen-bond donors (Lipinski definition) is 3. The van der Waals surface area contributed by atoms with E-state index >= 15 is 0 Å². The normalized spacial score (nSPS) is 23.4. The Balaban J connectivity index is 2.74. The number of nitrogens with two attached hydrogens (primary N) is 2. The lowest BCUT2D eigenvalue weighted by molar-refractivity contribution is -0.132. The van der Waals surface area contributed by atoms with E-state index in [1.165, 1.54) is 0 Å². The van der Waals surface area contributed by atoms with E-state index in [1.807, 2.05) is 18.7 Å². The van der Waals surface area contributed by atoms with Gasteiger partial charge in [0.2, 0.25) is 5.91 Å². The lowest BCUT2D eigenvalue weighted by atomic mass is 9.93. The Hall–Kier alpha value is -1.14. The largest absolute Gasteiger partial charge is 0.369 e. The van der Waals surface area contributed by atoms with Crippen LogP contribution in [0.1, 0.15) is 26.7 Å². The van der Waals surface area contributed by atoms with Crippen molar-refractivity contribution in [3.8, 4) is 0 Å². The van der Waals surface area contributed by atoms with E-state index in [9.17, 15) is 9.59 Å². The van der Waals surface area contributed by atoms with Gasteiger partial charge in [0.1, 0.15) is 0 Å². The van der Waals surface area contributed by atoms with Gasteiger partial charge in [-0.25, -0.2) is 5.84 Å². The summed E-state index contributed by atoms with van der Waals surface area (Å²) in [6.45, 7) is 5.28. The molecule has 2 atom stereocenters. The maximum Gasteiger partial charge on any atom is 0.251 e. The molecule has 0 aromatic carbocycles. The van der Waals surface area contributed by atoms with Crippen LogP contribution < -0.4 is 17.0 Å². The molecule has 98 valence electrons. The summed E-state index contributed by atoms with van der Waals surface area (Å²) in [7, 11) is 0. The number of amides is 2. The number of hydrazine groups is 1. The Morgan fingerprint density at radius 1 is 1.41 bits per heavy atom. The zero-order valence-corrected chi connectivity index (χ0v) is 10.5. The van der Waals surface area contributed by atoms with Crippen molar-refractivity contribution >= 4 is 11.8 Å². The van der Waals surface area contributed by atoms with Gasteiger partial charge in [-0.05, 0) is 25.3 Å². The molecule has 1 saturated heterocycles. The third kappa shape index (κ3) is 3.41. The van der Waals surface area contributed by atoms with Gasteiger partial charge in [0, 0.05) is 6.54 Å². The second-order valence-electron chi connectivity index (χ2n) is 4.93. The summed E-state index contributed by atoms with van der Waals surface area (Å²) in [5, 5.41) is 0. The molecule has 0 bridgehead atoms. The lowest BCUT2D eigenvalue weighted by Gasteiger charge is -2.38. The summed E-state index contributed by atoms with van der Waals surface area (Å²) in [4.78, 5) is 24.9. The quantitative estimate of drug-likeness (QED) is 0.341. The highest BCUT2D eigenvalue weighted by Gasteiger charge is 2.33. The molecule has 0 aromatic rings. The molecule has 5 N–H and O–H groups in total. The van der Waals surface area contributed by atoms with Crippen molar-refractivity contribution in [1.82, 2.24) is 10.3 Å². The fourth-order valence-corrected chi connectivity index (χ4v) is 2.47. The van der Waals surface area contributed by atoms with Crippen LogP contribution in [-0.2, 0) is 9.59 Å². The number of nitrogens with one attached hydrogen (secondary N) is 1. The van der Waals surface area contributed by atoms with E-state index in [4.69, 9.17) is 11.6 Å². The minimum Gasteiger partial charge on any atom is -0.369 e. The van der Waals surface area contributed by atoms with Crippen LogP contribution in [0.3, 0.4) is 0 Å². The third-order valence-corrected chi connectivity index (χ3v) is 3.29. The number of carbonyl (C=O) groups is 2. The van der Waals surface area contributed by atoms with Crippen molar-refractivity contribution < 1.29 is 9.59 Å². The summed E-state index contributed by atoms with van der Waals surface area (Å²) in [5.41, 5.74) is 7.51. The topological polar surface area (TPSA) is 101 Å². The SMILES string of the molecule is CC(C)C(C(=O)NN)N1CCCC(C(N)=O)C1. The Morgan fingerprint density at radius 2 is 2.06 bits per heavy atom. The highest BCUT2D eigenvalue weighted by molar-refractivity contribution is 5.81. The van der Waals surface area contributed by atoms with E-state index in [-0.39, 0.29) is 29.7 Å². The van der Waals surface area contributed by atoms with Crippen molar-refractivity contribution in [3.05, 3.63) is 0 Å². The maximum absolute atomic E-state index is 11.7. The van der Waals surface area contributed by atoms with Crippen LogP contribution >= 0.6 is 0 Å². The van der Waals surface area contributed by atoms with Gasteiger partial charge in [-0.3, -0.25) is 19.9 Å². The molecule has 1 rings (SSSR count). The zero-order chi connectivity index (χ0) is 13.0. The molecular formula is C11H22N4O2. The zero-order valence-electron chi connectivity index (χ0n) is 10.5. The van der Waals surface area contributed by atoms with E-state index in [1.54, 1.807) is 0 Å². The van der Waals surface area contributed by atoms with Gasteiger partial charge in [0.25, 0.3) is 5.91 Å². The number of likely N-dealkylation sites (tertiary alicyclic amines) is 1. The Labute approximate surface area is 102 Å². The lowest BCUT2D eigenvalue weighted by Crippen LogP contribution is -2.55. The molecule has 1 aliphatic rings. The molecule has 1 heterocycles.